The first kappa shape index (κ1) is 21.5. The van der Waals surface area contributed by atoms with E-state index in [9.17, 15) is 19.2 Å². The lowest BCUT2D eigenvalue weighted by molar-refractivity contribution is -0.137. The average molecular weight is 360 g/mol. The Labute approximate surface area is 154 Å². The highest BCUT2D eigenvalue weighted by atomic mass is 16.2. The van der Waals surface area contributed by atoms with Gasteiger partial charge in [-0.2, -0.15) is 0 Å². The van der Waals surface area contributed by atoms with Crippen molar-refractivity contribution in [2.45, 2.75) is 51.5 Å². The van der Waals surface area contributed by atoms with Crippen LogP contribution in [-0.4, -0.2) is 42.4 Å². The largest absolute Gasteiger partial charge is 0.347 e. The lowest BCUT2D eigenvalue weighted by atomic mass is 10.0. The molecule has 0 fully saturated rings. The molecular formula is C20H28N2O4. The summed E-state index contributed by atoms with van der Waals surface area (Å²) in [6, 6.07) is 8.24. The summed E-state index contributed by atoms with van der Waals surface area (Å²) in [5, 5.41) is 2.73. The van der Waals surface area contributed by atoms with Crippen LogP contribution in [-0.2, 0) is 19.2 Å². The summed E-state index contributed by atoms with van der Waals surface area (Å²) in [5.74, 6) is -1.33. The van der Waals surface area contributed by atoms with Crippen molar-refractivity contribution in [3.8, 4) is 0 Å². The summed E-state index contributed by atoms with van der Waals surface area (Å²) in [4.78, 5) is 49.3. The van der Waals surface area contributed by atoms with Crippen LogP contribution in [0.3, 0.4) is 0 Å². The first-order valence-corrected chi connectivity index (χ1v) is 8.98. The second kappa shape index (κ2) is 11.2. The van der Waals surface area contributed by atoms with Crippen molar-refractivity contribution >= 4 is 23.4 Å². The van der Waals surface area contributed by atoms with Crippen molar-refractivity contribution in [1.29, 1.82) is 0 Å². The lowest BCUT2D eigenvalue weighted by Crippen LogP contribution is -2.39. The highest BCUT2D eigenvalue weighted by Gasteiger charge is 2.24. The number of nitrogens with one attached hydrogen (secondary N) is 1. The van der Waals surface area contributed by atoms with Crippen LogP contribution in [0.1, 0.15) is 57.1 Å². The van der Waals surface area contributed by atoms with Gasteiger partial charge in [-0.3, -0.25) is 19.2 Å². The van der Waals surface area contributed by atoms with Gasteiger partial charge < -0.3 is 10.2 Å². The molecule has 0 saturated carbocycles. The minimum atomic E-state index is -0.763. The first-order valence-electron chi connectivity index (χ1n) is 8.98. The Morgan fingerprint density at radius 2 is 1.50 bits per heavy atom. The number of hydrogen-bond acceptors (Lipinski definition) is 4. The zero-order valence-electron chi connectivity index (χ0n) is 15.8. The zero-order chi connectivity index (χ0) is 19.5. The first-order chi connectivity index (χ1) is 12.4. The van der Waals surface area contributed by atoms with Gasteiger partial charge in [0.25, 0.3) is 0 Å². The summed E-state index contributed by atoms with van der Waals surface area (Å²) < 4.78 is 0. The molecule has 1 N–H and O–H groups in total. The molecule has 0 aliphatic heterocycles. The van der Waals surface area contributed by atoms with Crippen LogP contribution in [0.2, 0.25) is 0 Å². The molecule has 0 radical (unpaired) electrons. The van der Waals surface area contributed by atoms with E-state index in [-0.39, 0.29) is 36.9 Å². The van der Waals surface area contributed by atoms with Gasteiger partial charge in [-0.1, -0.05) is 43.7 Å². The molecule has 0 spiro atoms. The van der Waals surface area contributed by atoms with Crippen LogP contribution in [0, 0.1) is 0 Å². The topological polar surface area (TPSA) is 83.5 Å². The normalized spacial score (nSPS) is 11.5. The predicted octanol–water partition coefficient (Wildman–Crippen LogP) is 2.43. The van der Waals surface area contributed by atoms with E-state index in [4.69, 9.17) is 0 Å². The number of ketones is 2. The Balaban J connectivity index is 2.56. The van der Waals surface area contributed by atoms with E-state index in [0.29, 0.717) is 18.4 Å². The monoisotopic (exact) mass is 360 g/mol. The second-order valence-corrected chi connectivity index (χ2v) is 6.45. The smallest absolute Gasteiger partial charge is 0.249 e. The molecule has 1 rings (SSSR count). The SMILES string of the molecule is CCCCC(=O)C(=O)CCCC(=O)N[C@H](C(=O)N(C)C)c1ccccc1. The maximum absolute atomic E-state index is 12.4. The third-order valence-corrected chi connectivity index (χ3v) is 4.00. The number of nitrogens with zero attached hydrogens (tertiary/aromatic N) is 1. The number of benzene rings is 1. The quantitative estimate of drug-likeness (QED) is 0.614. The molecule has 0 aromatic heterocycles. The Morgan fingerprint density at radius 1 is 0.923 bits per heavy atom. The molecule has 6 nitrogen and oxygen atoms in total. The number of Topliss-reactive ketones (excluding diaryl/α,β-unsaturated/α-hetero) is 2. The standard InChI is InChI=1S/C20H28N2O4/c1-4-5-12-16(23)17(24)13-9-14-18(25)21-19(20(26)22(2)3)15-10-7-6-8-11-15/h6-8,10-11,19H,4-5,9,12-14H2,1-3H3,(H,21,25)/t19-/m0/s1. The van der Waals surface area contributed by atoms with Crippen molar-refractivity contribution in [3.63, 3.8) is 0 Å². The molecule has 1 atom stereocenters. The Kier molecular flexibility index (Phi) is 9.26. The number of carbonyl (C=O) groups is 4. The van der Waals surface area contributed by atoms with E-state index in [2.05, 4.69) is 5.32 Å². The van der Waals surface area contributed by atoms with Crippen LogP contribution < -0.4 is 5.32 Å². The molecular weight excluding hydrogens is 332 g/mol. The predicted molar refractivity (Wildman–Crippen MR) is 99.4 cm³/mol. The van der Waals surface area contributed by atoms with Crippen LogP contribution in [0.4, 0.5) is 0 Å². The molecule has 1 aromatic carbocycles. The highest BCUT2D eigenvalue weighted by molar-refractivity contribution is 6.37. The zero-order valence-corrected chi connectivity index (χ0v) is 15.8. The van der Waals surface area contributed by atoms with Gasteiger partial charge in [0.1, 0.15) is 6.04 Å². The fraction of sp³-hybridized carbons (Fsp3) is 0.500. The van der Waals surface area contributed by atoms with Gasteiger partial charge in [0.05, 0.1) is 0 Å². The number of carbonyl (C=O) groups excluding carboxylic acids is 4. The third kappa shape index (κ3) is 7.17. The molecule has 26 heavy (non-hydrogen) atoms. The summed E-state index contributed by atoms with van der Waals surface area (Å²) in [6.07, 6.45) is 2.29. The van der Waals surface area contributed by atoms with Crippen LogP contribution in [0.5, 0.6) is 0 Å². The van der Waals surface area contributed by atoms with Gasteiger partial charge >= 0.3 is 0 Å². The highest BCUT2D eigenvalue weighted by Crippen LogP contribution is 2.15. The fourth-order valence-corrected chi connectivity index (χ4v) is 2.45. The number of rotatable bonds is 11. The molecule has 0 unspecified atom stereocenters. The van der Waals surface area contributed by atoms with Crippen molar-refractivity contribution in [1.82, 2.24) is 10.2 Å². The second-order valence-electron chi connectivity index (χ2n) is 6.45. The summed E-state index contributed by atoms with van der Waals surface area (Å²) >= 11 is 0. The molecule has 0 aliphatic carbocycles. The minimum absolute atomic E-state index is 0.0631. The molecule has 0 heterocycles. The molecule has 0 saturated heterocycles. The van der Waals surface area contributed by atoms with E-state index in [1.807, 2.05) is 13.0 Å². The molecule has 0 bridgehead atoms. The average Bonchev–Trinajstić information content (AvgIpc) is 2.64. The van der Waals surface area contributed by atoms with Crippen molar-refractivity contribution in [3.05, 3.63) is 35.9 Å². The Hall–Kier alpha value is -2.50. The molecule has 1 aromatic rings. The van der Waals surface area contributed by atoms with E-state index in [1.54, 1.807) is 38.4 Å². The molecule has 2 amide bonds. The maximum atomic E-state index is 12.4. The maximum Gasteiger partial charge on any atom is 0.249 e. The number of likely N-dealkylation sites (N-methyl/N-ethyl adjacent to an activating group) is 1. The molecule has 142 valence electrons. The number of hydrogen-bond donors (Lipinski definition) is 1. The van der Waals surface area contributed by atoms with E-state index in [0.717, 1.165) is 6.42 Å². The number of unbranched alkanes of at least 4 members (excludes halogenated alkanes) is 1. The summed E-state index contributed by atoms with van der Waals surface area (Å²) in [5.41, 5.74) is 0.699. The van der Waals surface area contributed by atoms with Crippen LogP contribution >= 0.6 is 0 Å². The summed E-state index contributed by atoms with van der Waals surface area (Å²) in [6.45, 7) is 1.96. The van der Waals surface area contributed by atoms with Gasteiger partial charge in [-0.05, 0) is 18.4 Å². The van der Waals surface area contributed by atoms with Crippen LogP contribution in [0.15, 0.2) is 30.3 Å². The lowest BCUT2D eigenvalue weighted by Gasteiger charge is -2.22. The molecule has 0 aliphatic rings. The van der Waals surface area contributed by atoms with E-state index < -0.39 is 11.8 Å². The van der Waals surface area contributed by atoms with E-state index in [1.165, 1.54) is 4.90 Å². The van der Waals surface area contributed by atoms with Crippen molar-refractivity contribution < 1.29 is 19.2 Å². The third-order valence-electron chi connectivity index (χ3n) is 4.00. The van der Waals surface area contributed by atoms with Gasteiger partial charge in [-0.25, -0.2) is 0 Å². The van der Waals surface area contributed by atoms with E-state index >= 15 is 0 Å². The Bertz CT molecular complexity index is 626. The Morgan fingerprint density at radius 3 is 2.04 bits per heavy atom. The van der Waals surface area contributed by atoms with Gasteiger partial charge in [0, 0.05) is 33.4 Å². The van der Waals surface area contributed by atoms with Gasteiger partial charge in [-0.15, -0.1) is 0 Å². The summed E-state index contributed by atoms with van der Waals surface area (Å²) in [7, 11) is 3.26. The minimum Gasteiger partial charge on any atom is -0.347 e. The van der Waals surface area contributed by atoms with Crippen molar-refractivity contribution in [2.24, 2.45) is 0 Å². The van der Waals surface area contributed by atoms with Crippen LogP contribution in [0.25, 0.3) is 0 Å². The van der Waals surface area contributed by atoms with Gasteiger partial charge in [0.2, 0.25) is 11.8 Å². The fourth-order valence-electron chi connectivity index (χ4n) is 2.45. The van der Waals surface area contributed by atoms with Gasteiger partial charge in [0.15, 0.2) is 11.6 Å². The number of amides is 2. The van der Waals surface area contributed by atoms with Crippen molar-refractivity contribution in [2.75, 3.05) is 14.1 Å². The molecule has 6 heteroatoms.